The fourth-order valence-corrected chi connectivity index (χ4v) is 4.84. The Bertz CT molecular complexity index is 1390. The molecule has 1 aliphatic carbocycles. The number of nitrogens with one attached hydrogen (secondary N) is 1. The summed E-state index contributed by atoms with van der Waals surface area (Å²) in [5.41, 5.74) is 4.13. The molecule has 0 saturated heterocycles. The molecule has 1 fully saturated rings. The van der Waals surface area contributed by atoms with Crippen LogP contribution in [0.1, 0.15) is 44.0 Å². The summed E-state index contributed by atoms with van der Waals surface area (Å²) >= 11 is 0. The summed E-state index contributed by atoms with van der Waals surface area (Å²) in [5.74, 6) is 2.20. The van der Waals surface area contributed by atoms with Gasteiger partial charge >= 0.3 is 0 Å². The van der Waals surface area contributed by atoms with Gasteiger partial charge in [0.15, 0.2) is 5.75 Å². The minimum absolute atomic E-state index is 0.0739. The molecule has 9 heteroatoms. The number of hydrogen-bond acceptors (Lipinski definition) is 8. The number of rotatable bonds is 8. The molecule has 3 heterocycles. The maximum Gasteiger partial charge on any atom is 0.227 e. The van der Waals surface area contributed by atoms with Gasteiger partial charge in [-0.25, -0.2) is 19.9 Å². The normalized spacial score (nSPS) is 14.4. The molecule has 5 rings (SSSR count). The highest BCUT2D eigenvalue weighted by atomic mass is 16.5. The topological polar surface area (TPSA) is 114 Å². The zero-order valence-corrected chi connectivity index (χ0v) is 20.4. The van der Waals surface area contributed by atoms with E-state index in [1.807, 2.05) is 48.1 Å². The maximum absolute atomic E-state index is 9.40. The van der Waals surface area contributed by atoms with Crippen LogP contribution in [0.25, 0.3) is 22.5 Å². The molecule has 1 N–H and O–H groups in total. The quantitative estimate of drug-likeness (QED) is 0.351. The van der Waals surface area contributed by atoms with Crippen LogP contribution in [0.5, 0.6) is 5.75 Å². The summed E-state index contributed by atoms with van der Waals surface area (Å²) in [4.78, 5) is 17.9. The Morgan fingerprint density at radius 3 is 2.78 bits per heavy atom. The Kier molecular flexibility index (Phi) is 6.85. The van der Waals surface area contributed by atoms with E-state index in [0.29, 0.717) is 29.7 Å². The smallest absolute Gasteiger partial charge is 0.227 e. The number of aryl methyl sites for hydroxylation is 1. The highest BCUT2D eigenvalue weighted by Crippen LogP contribution is 2.37. The Morgan fingerprint density at radius 1 is 1.14 bits per heavy atom. The van der Waals surface area contributed by atoms with Crippen molar-refractivity contribution in [1.29, 1.82) is 5.26 Å². The monoisotopic (exact) mass is 480 g/mol. The van der Waals surface area contributed by atoms with Crippen molar-refractivity contribution in [3.63, 3.8) is 0 Å². The van der Waals surface area contributed by atoms with E-state index in [2.05, 4.69) is 31.4 Å². The van der Waals surface area contributed by atoms with Crippen LogP contribution in [-0.2, 0) is 0 Å². The SMILES string of the molecule is COc1cnc(Nc2cccc(-c3ccnc(C)n3)c2)nc1-c1cnn(C(CC#N)C2CCCC2)c1. The summed E-state index contributed by atoms with van der Waals surface area (Å²) in [6, 6.07) is 12.2. The van der Waals surface area contributed by atoms with Gasteiger partial charge in [-0.15, -0.1) is 0 Å². The molecule has 0 bridgehead atoms. The first-order chi connectivity index (χ1) is 17.6. The molecular weight excluding hydrogens is 452 g/mol. The molecule has 0 amide bonds. The van der Waals surface area contributed by atoms with Gasteiger partial charge in [-0.3, -0.25) is 4.68 Å². The van der Waals surface area contributed by atoms with Gasteiger partial charge in [-0.1, -0.05) is 25.0 Å². The first-order valence-corrected chi connectivity index (χ1v) is 12.1. The number of nitrogens with zero attached hydrogens (tertiary/aromatic N) is 7. The van der Waals surface area contributed by atoms with E-state index in [9.17, 15) is 5.26 Å². The van der Waals surface area contributed by atoms with Crippen LogP contribution in [-0.4, -0.2) is 36.8 Å². The lowest BCUT2D eigenvalue weighted by molar-refractivity contribution is 0.315. The van der Waals surface area contributed by atoms with E-state index >= 15 is 0 Å². The van der Waals surface area contributed by atoms with Crippen LogP contribution < -0.4 is 10.1 Å². The van der Waals surface area contributed by atoms with Gasteiger partial charge in [-0.2, -0.15) is 10.4 Å². The molecule has 3 aromatic heterocycles. The summed E-state index contributed by atoms with van der Waals surface area (Å²) in [5, 5.41) is 17.3. The van der Waals surface area contributed by atoms with Crippen molar-refractivity contribution < 1.29 is 4.74 Å². The van der Waals surface area contributed by atoms with Gasteiger partial charge in [0.2, 0.25) is 5.95 Å². The standard InChI is InChI=1S/C27H28N8O/c1-18-29-13-11-23(32-18)20-8-5-9-22(14-20)33-27-30-16-25(36-2)26(34-27)21-15-31-35(17-21)24(10-12-28)19-6-3-4-7-19/h5,8-9,11,13-17,19,24H,3-4,6-7,10H2,1-2H3,(H,30,33,34). The second-order valence-electron chi connectivity index (χ2n) is 8.99. The number of nitriles is 1. The molecule has 9 nitrogen and oxygen atoms in total. The minimum atomic E-state index is 0.0739. The van der Waals surface area contributed by atoms with Crippen molar-refractivity contribution in [3.8, 4) is 34.3 Å². The van der Waals surface area contributed by atoms with Crippen molar-refractivity contribution in [2.24, 2.45) is 5.92 Å². The van der Waals surface area contributed by atoms with E-state index in [4.69, 9.17) is 9.72 Å². The molecule has 4 aromatic rings. The van der Waals surface area contributed by atoms with Crippen LogP contribution in [0, 0.1) is 24.2 Å². The van der Waals surface area contributed by atoms with Crippen LogP contribution in [0.3, 0.4) is 0 Å². The van der Waals surface area contributed by atoms with Crippen LogP contribution >= 0.6 is 0 Å². The largest absolute Gasteiger partial charge is 0.493 e. The van der Waals surface area contributed by atoms with Crippen molar-refractivity contribution in [1.82, 2.24) is 29.7 Å². The highest BCUT2D eigenvalue weighted by molar-refractivity contribution is 5.69. The number of hydrogen-bond donors (Lipinski definition) is 1. The van der Waals surface area contributed by atoms with Crippen molar-refractivity contribution in [2.75, 3.05) is 12.4 Å². The van der Waals surface area contributed by atoms with Gasteiger partial charge in [0.25, 0.3) is 0 Å². The zero-order valence-electron chi connectivity index (χ0n) is 20.4. The molecule has 0 aliphatic heterocycles. The second-order valence-corrected chi connectivity index (χ2v) is 8.99. The third-order valence-electron chi connectivity index (χ3n) is 6.62. The Labute approximate surface area is 210 Å². The van der Waals surface area contributed by atoms with Crippen molar-refractivity contribution >= 4 is 11.6 Å². The molecule has 1 aliphatic rings. The lowest BCUT2D eigenvalue weighted by atomic mass is 9.96. The summed E-state index contributed by atoms with van der Waals surface area (Å²) in [6.45, 7) is 1.87. The van der Waals surface area contributed by atoms with Crippen molar-refractivity contribution in [2.45, 2.75) is 45.1 Å². The van der Waals surface area contributed by atoms with Gasteiger partial charge < -0.3 is 10.1 Å². The maximum atomic E-state index is 9.40. The van der Waals surface area contributed by atoms with Gasteiger partial charge in [0.05, 0.1) is 43.7 Å². The van der Waals surface area contributed by atoms with E-state index in [0.717, 1.165) is 41.2 Å². The number of benzene rings is 1. The van der Waals surface area contributed by atoms with Crippen LogP contribution in [0.15, 0.2) is 55.1 Å². The summed E-state index contributed by atoms with van der Waals surface area (Å²) in [6.07, 6.45) is 12.3. The summed E-state index contributed by atoms with van der Waals surface area (Å²) < 4.78 is 7.48. The fraction of sp³-hybridized carbons (Fsp3) is 0.333. The van der Waals surface area contributed by atoms with Gasteiger partial charge in [-0.05, 0) is 43.9 Å². The lowest BCUT2D eigenvalue weighted by Gasteiger charge is -2.21. The predicted octanol–water partition coefficient (Wildman–Crippen LogP) is 5.50. The molecule has 0 spiro atoms. The minimum Gasteiger partial charge on any atom is -0.493 e. The molecular formula is C27H28N8O. The molecule has 36 heavy (non-hydrogen) atoms. The lowest BCUT2D eigenvalue weighted by Crippen LogP contribution is -2.17. The molecule has 1 atom stereocenters. The van der Waals surface area contributed by atoms with Crippen molar-refractivity contribution in [3.05, 3.63) is 60.9 Å². The Balaban J connectivity index is 1.42. The average Bonchev–Trinajstić information content (AvgIpc) is 3.60. The summed E-state index contributed by atoms with van der Waals surface area (Å²) in [7, 11) is 1.60. The highest BCUT2D eigenvalue weighted by Gasteiger charge is 2.27. The molecule has 1 unspecified atom stereocenters. The number of anilines is 2. The molecule has 182 valence electrons. The van der Waals surface area contributed by atoms with E-state index in [-0.39, 0.29) is 6.04 Å². The molecule has 1 saturated carbocycles. The molecule has 1 aromatic carbocycles. The second kappa shape index (κ2) is 10.5. The predicted molar refractivity (Wildman–Crippen MR) is 137 cm³/mol. The van der Waals surface area contributed by atoms with Crippen LogP contribution in [0.2, 0.25) is 0 Å². The number of aromatic nitrogens is 6. The fourth-order valence-electron chi connectivity index (χ4n) is 4.84. The molecule has 0 radical (unpaired) electrons. The average molecular weight is 481 g/mol. The van der Waals surface area contributed by atoms with E-state index < -0.39 is 0 Å². The zero-order chi connectivity index (χ0) is 24.9. The third-order valence-corrected chi connectivity index (χ3v) is 6.62. The first-order valence-electron chi connectivity index (χ1n) is 12.1. The van der Waals surface area contributed by atoms with Gasteiger partial charge in [0, 0.05) is 29.2 Å². The Hall–Kier alpha value is -4.32. The first kappa shape index (κ1) is 23.4. The van der Waals surface area contributed by atoms with E-state index in [1.165, 1.54) is 12.8 Å². The van der Waals surface area contributed by atoms with Gasteiger partial charge in [0.1, 0.15) is 11.5 Å². The van der Waals surface area contributed by atoms with E-state index in [1.54, 1.807) is 25.7 Å². The third kappa shape index (κ3) is 5.03. The number of methoxy groups -OCH3 is 1. The Morgan fingerprint density at radius 2 is 2.00 bits per heavy atom. The number of ether oxygens (including phenoxy) is 1. The van der Waals surface area contributed by atoms with Crippen LogP contribution in [0.4, 0.5) is 11.6 Å².